The van der Waals surface area contributed by atoms with E-state index in [4.69, 9.17) is 0 Å². The predicted molar refractivity (Wildman–Crippen MR) is 124 cm³/mol. The summed E-state index contributed by atoms with van der Waals surface area (Å²) in [6.45, 7) is 6.53. The molecule has 2 amide bonds. The molecule has 2 aromatic carbocycles. The second kappa shape index (κ2) is 8.24. The van der Waals surface area contributed by atoms with Crippen LogP contribution >= 0.6 is 15.9 Å². The zero-order valence-electron chi connectivity index (χ0n) is 17.3. The average Bonchev–Trinajstić information content (AvgIpc) is 2.71. The van der Waals surface area contributed by atoms with Gasteiger partial charge in [0, 0.05) is 58.3 Å². The first kappa shape index (κ1) is 20.6. The second-order valence-corrected chi connectivity index (χ2v) is 8.93. The molecule has 1 fully saturated rings. The Bertz CT molecular complexity index is 1020. The van der Waals surface area contributed by atoms with Crippen molar-refractivity contribution in [2.24, 2.45) is 0 Å². The van der Waals surface area contributed by atoms with Crippen molar-refractivity contribution in [2.75, 3.05) is 30.4 Å². The number of likely N-dealkylation sites (N-methyl/N-ethyl adjacent to an activating group) is 1. The number of amides is 2. The summed E-state index contributed by atoms with van der Waals surface area (Å²) in [4.78, 5) is 29.3. The summed E-state index contributed by atoms with van der Waals surface area (Å²) >= 11 is 3.41. The van der Waals surface area contributed by atoms with Gasteiger partial charge >= 0.3 is 0 Å². The molecule has 0 aliphatic carbocycles. The Balaban J connectivity index is 1.54. The van der Waals surface area contributed by atoms with Crippen molar-refractivity contribution >= 4 is 44.7 Å². The third-order valence-corrected chi connectivity index (χ3v) is 6.36. The number of anilines is 2. The lowest BCUT2D eigenvalue weighted by molar-refractivity contribution is -0.114. The Morgan fingerprint density at radius 3 is 2.47 bits per heavy atom. The Kier molecular flexibility index (Phi) is 5.66. The maximum absolute atomic E-state index is 12.4. The summed E-state index contributed by atoms with van der Waals surface area (Å²) in [6.07, 6.45) is 1.66. The maximum atomic E-state index is 12.4. The van der Waals surface area contributed by atoms with E-state index in [0.29, 0.717) is 28.8 Å². The van der Waals surface area contributed by atoms with Crippen LogP contribution in [0, 0.1) is 0 Å². The number of imide groups is 1. The van der Waals surface area contributed by atoms with E-state index in [9.17, 15) is 9.59 Å². The number of carbonyl (C=O) groups excluding carboxylic acids is 2. The predicted octanol–water partition coefficient (Wildman–Crippen LogP) is 3.70. The Morgan fingerprint density at radius 2 is 1.73 bits per heavy atom. The number of nitrogens with one attached hydrogen (secondary N) is 2. The molecule has 2 atom stereocenters. The van der Waals surface area contributed by atoms with Crippen molar-refractivity contribution in [1.82, 2.24) is 10.2 Å². The summed E-state index contributed by atoms with van der Waals surface area (Å²) in [5.74, 6) is -0.783. The molecule has 0 bridgehead atoms. The van der Waals surface area contributed by atoms with E-state index in [0.717, 1.165) is 23.2 Å². The minimum Gasteiger partial charge on any atom is -0.366 e. The van der Waals surface area contributed by atoms with Crippen LogP contribution in [0.15, 0.2) is 53.1 Å². The summed E-state index contributed by atoms with van der Waals surface area (Å²) < 4.78 is 0.814. The molecule has 0 aromatic heterocycles. The highest BCUT2D eigenvalue weighted by Gasteiger charge is 2.28. The largest absolute Gasteiger partial charge is 0.366 e. The van der Waals surface area contributed by atoms with Crippen LogP contribution in [0.5, 0.6) is 0 Å². The molecule has 2 heterocycles. The normalized spacial score (nSPS) is 23.3. The van der Waals surface area contributed by atoms with Crippen LogP contribution in [0.3, 0.4) is 0 Å². The van der Waals surface area contributed by atoms with Crippen molar-refractivity contribution in [3.63, 3.8) is 0 Å². The van der Waals surface area contributed by atoms with Gasteiger partial charge in [0.1, 0.15) is 0 Å². The van der Waals surface area contributed by atoms with Crippen molar-refractivity contribution < 1.29 is 9.59 Å². The molecule has 4 rings (SSSR count). The molecule has 6 nitrogen and oxygen atoms in total. The van der Waals surface area contributed by atoms with Crippen molar-refractivity contribution in [2.45, 2.75) is 25.9 Å². The molecule has 0 unspecified atom stereocenters. The number of fused-ring (bicyclic) bond motifs is 1. The van der Waals surface area contributed by atoms with E-state index in [-0.39, 0.29) is 5.91 Å². The highest BCUT2D eigenvalue weighted by atomic mass is 79.9. The van der Waals surface area contributed by atoms with Crippen LogP contribution in [0.25, 0.3) is 5.57 Å². The fourth-order valence-corrected chi connectivity index (χ4v) is 4.37. The number of carbonyl (C=O) groups is 2. The van der Waals surface area contributed by atoms with Crippen LogP contribution in [-0.2, 0) is 4.79 Å². The fraction of sp³-hybridized carbons (Fsp3) is 0.304. The third kappa shape index (κ3) is 4.00. The molecule has 30 heavy (non-hydrogen) atoms. The second-order valence-electron chi connectivity index (χ2n) is 8.01. The van der Waals surface area contributed by atoms with Crippen LogP contribution in [0.2, 0.25) is 0 Å². The minimum atomic E-state index is -0.407. The number of nitrogens with zero attached hydrogens (tertiary/aromatic N) is 2. The van der Waals surface area contributed by atoms with Crippen molar-refractivity contribution in [3.8, 4) is 0 Å². The standard InChI is InChI=1S/C23H25BrN4O2/c1-14-13-28(15(2)12-27(14)3)18-7-5-17(6-8-18)25-11-21-20-10-16(24)4-9-19(20)22(29)26-23(21)30/h4-11,14-15,25H,12-13H2,1-3H3,(H,26,29,30)/b21-11-/t14-,15+/m1/s1. The lowest BCUT2D eigenvalue weighted by Gasteiger charge is -2.43. The number of halogens is 1. The van der Waals surface area contributed by atoms with Gasteiger partial charge in [0.05, 0.1) is 5.57 Å². The number of piperazine rings is 1. The van der Waals surface area contributed by atoms with Gasteiger partial charge in [-0.1, -0.05) is 15.9 Å². The highest BCUT2D eigenvalue weighted by molar-refractivity contribution is 9.10. The molecule has 7 heteroatoms. The van der Waals surface area contributed by atoms with Crippen molar-refractivity contribution in [1.29, 1.82) is 0 Å². The van der Waals surface area contributed by atoms with Crippen LogP contribution in [0.4, 0.5) is 11.4 Å². The number of rotatable bonds is 3. The minimum absolute atomic E-state index is 0.375. The van der Waals surface area contributed by atoms with Gasteiger partial charge in [0.25, 0.3) is 11.8 Å². The molecule has 2 aromatic rings. The molecule has 0 radical (unpaired) electrons. The fourth-order valence-electron chi connectivity index (χ4n) is 4.00. The van der Waals surface area contributed by atoms with E-state index in [1.807, 2.05) is 12.1 Å². The van der Waals surface area contributed by atoms with Gasteiger partial charge in [-0.2, -0.15) is 0 Å². The first-order valence-corrected chi connectivity index (χ1v) is 10.8. The quantitative estimate of drug-likeness (QED) is 0.530. The molecule has 2 aliphatic rings. The molecule has 0 spiro atoms. The first-order valence-electron chi connectivity index (χ1n) is 10.0. The average molecular weight is 469 g/mol. The molecular weight excluding hydrogens is 444 g/mol. The summed E-state index contributed by atoms with van der Waals surface area (Å²) in [6, 6.07) is 14.5. The summed E-state index contributed by atoms with van der Waals surface area (Å²) in [7, 11) is 2.17. The molecular formula is C23H25BrN4O2. The Hall–Kier alpha value is -2.64. The van der Waals surface area contributed by atoms with E-state index in [1.165, 1.54) is 5.69 Å². The molecule has 156 valence electrons. The first-order chi connectivity index (χ1) is 14.3. The summed E-state index contributed by atoms with van der Waals surface area (Å²) in [5.41, 5.74) is 3.59. The smallest absolute Gasteiger partial charge is 0.260 e. The Labute approximate surface area is 185 Å². The molecule has 2 aliphatic heterocycles. The van der Waals surface area contributed by atoms with Gasteiger partial charge in [-0.05, 0) is 63.4 Å². The zero-order valence-corrected chi connectivity index (χ0v) is 18.9. The van der Waals surface area contributed by atoms with Crippen LogP contribution in [0.1, 0.15) is 29.8 Å². The van der Waals surface area contributed by atoms with E-state index in [1.54, 1.807) is 24.4 Å². The van der Waals surface area contributed by atoms with Crippen LogP contribution in [-0.4, -0.2) is 48.9 Å². The Morgan fingerprint density at radius 1 is 1.00 bits per heavy atom. The van der Waals surface area contributed by atoms with Gasteiger partial charge in [-0.15, -0.1) is 0 Å². The SMILES string of the molecule is C[C@@H]1CN(c2ccc(N/C=C3\C(=O)NC(=O)c4ccc(Br)cc43)cc2)[C@@H](C)CN1C. The lowest BCUT2D eigenvalue weighted by Crippen LogP contribution is -2.55. The lowest BCUT2D eigenvalue weighted by atomic mass is 9.95. The topological polar surface area (TPSA) is 64.7 Å². The van der Waals surface area contributed by atoms with Crippen LogP contribution < -0.4 is 15.5 Å². The van der Waals surface area contributed by atoms with Gasteiger partial charge in [0.15, 0.2) is 0 Å². The van der Waals surface area contributed by atoms with E-state index < -0.39 is 5.91 Å². The van der Waals surface area contributed by atoms with Gasteiger partial charge in [0.2, 0.25) is 0 Å². The van der Waals surface area contributed by atoms with Gasteiger partial charge < -0.3 is 10.2 Å². The molecule has 0 saturated carbocycles. The van der Waals surface area contributed by atoms with E-state index >= 15 is 0 Å². The zero-order chi connectivity index (χ0) is 21.4. The van der Waals surface area contributed by atoms with Crippen molar-refractivity contribution in [3.05, 3.63) is 64.3 Å². The number of benzene rings is 2. The number of hydrogen-bond acceptors (Lipinski definition) is 5. The maximum Gasteiger partial charge on any atom is 0.260 e. The molecule has 2 N–H and O–H groups in total. The summed E-state index contributed by atoms with van der Waals surface area (Å²) in [5, 5.41) is 5.59. The van der Waals surface area contributed by atoms with E-state index in [2.05, 4.69) is 69.4 Å². The monoisotopic (exact) mass is 468 g/mol. The highest BCUT2D eigenvalue weighted by Crippen LogP contribution is 2.28. The van der Waals surface area contributed by atoms with Gasteiger partial charge in [-0.25, -0.2) is 0 Å². The third-order valence-electron chi connectivity index (χ3n) is 5.87. The van der Waals surface area contributed by atoms with Gasteiger partial charge in [-0.3, -0.25) is 19.8 Å². The number of hydrogen-bond donors (Lipinski definition) is 2. The molecule has 1 saturated heterocycles.